The highest BCUT2D eigenvalue weighted by Gasteiger charge is 2.41. The smallest absolute Gasteiger partial charge is 0.243 e. The van der Waals surface area contributed by atoms with Crippen LogP contribution in [0.3, 0.4) is 0 Å². The van der Waals surface area contributed by atoms with Crippen LogP contribution in [0.15, 0.2) is 64.9 Å². The first-order valence-corrected chi connectivity index (χ1v) is 14.5. The van der Waals surface area contributed by atoms with Crippen LogP contribution in [0.25, 0.3) is 0 Å². The van der Waals surface area contributed by atoms with Gasteiger partial charge in [-0.1, -0.05) is 17.7 Å². The van der Waals surface area contributed by atoms with Crippen LogP contribution < -0.4 is 9.47 Å². The molecule has 0 spiro atoms. The van der Waals surface area contributed by atoms with E-state index in [9.17, 15) is 13.2 Å². The van der Waals surface area contributed by atoms with Gasteiger partial charge in [0, 0.05) is 28.6 Å². The lowest BCUT2D eigenvalue weighted by Crippen LogP contribution is -2.48. The average molecular weight is 547 g/mol. The van der Waals surface area contributed by atoms with Gasteiger partial charge in [-0.05, 0) is 72.7 Å². The number of rotatable bonds is 9. The van der Waals surface area contributed by atoms with E-state index >= 15 is 0 Å². The van der Waals surface area contributed by atoms with Crippen molar-refractivity contribution in [1.29, 1.82) is 0 Å². The number of amides is 1. The summed E-state index contributed by atoms with van der Waals surface area (Å²) in [7, 11) is -2.24. The van der Waals surface area contributed by atoms with E-state index < -0.39 is 10.0 Å². The summed E-state index contributed by atoms with van der Waals surface area (Å²) in [5, 5.41) is 2.49. The average Bonchev–Trinajstić information content (AvgIpc) is 3.61. The molecule has 0 N–H and O–H groups in total. The minimum atomic E-state index is -3.83. The normalized spacial score (nSPS) is 17.6. The Labute approximate surface area is 220 Å². The van der Waals surface area contributed by atoms with Gasteiger partial charge in [0.25, 0.3) is 0 Å². The molecule has 1 aliphatic heterocycles. The van der Waals surface area contributed by atoms with Crippen molar-refractivity contribution in [3.05, 3.63) is 75.4 Å². The van der Waals surface area contributed by atoms with E-state index in [1.807, 2.05) is 29.6 Å². The largest absolute Gasteiger partial charge is 0.497 e. The Morgan fingerprint density at radius 3 is 2.61 bits per heavy atom. The number of hydrogen-bond acceptors (Lipinski definition) is 6. The molecular formula is C26H27ClN2O5S2. The maximum atomic E-state index is 13.7. The van der Waals surface area contributed by atoms with Gasteiger partial charge in [0.2, 0.25) is 15.9 Å². The van der Waals surface area contributed by atoms with Crippen molar-refractivity contribution in [2.45, 2.75) is 36.2 Å². The van der Waals surface area contributed by atoms with E-state index in [2.05, 4.69) is 0 Å². The number of carbonyl (C=O) groups is 1. The van der Waals surface area contributed by atoms with E-state index in [-0.39, 0.29) is 36.0 Å². The summed E-state index contributed by atoms with van der Waals surface area (Å²) in [6.07, 6.45) is 2.23. The highest BCUT2D eigenvalue weighted by Crippen LogP contribution is 2.36. The van der Waals surface area contributed by atoms with E-state index in [0.717, 1.165) is 24.8 Å². The standard InChI is InChI=1S/C26H27ClN2O5S2/c1-33-20-3-2-4-21(15-20)34-17-24-23-12-14-35-25(23)11-13-28(24)26(30)16-29(19-7-8-19)36(31,32)22-9-5-18(27)6-10-22/h2-6,9-10,12,14-15,19,24H,7-8,11,13,16-17H2,1H3/t24-/m1/s1. The molecule has 10 heteroatoms. The molecule has 0 saturated heterocycles. The van der Waals surface area contributed by atoms with Crippen LogP contribution in [0, 0.1) is 0 Å². The first kappa shape index (κ1) is 25.1. The van der Waals surface area contributed by atoms with E-state index in [4.69, 9.17) is 21.1 Å². The summed E-state index contributed by atoms with van der Waals surface area (Å²) in [6, 6.07) is 15.0. The van der Waals surface area contributed by atoms with Gasteiger partial charge < -0.3 is 14.4 Å². The number of thiophene rings is 1. The van der Waals surface area contributed by atoms with Crippen LogP contribution >= 0.6 is 22.9 Å². The van der Waals surface area contributed by atoms with Crippen molar-refractivity contribution >= 4 is 38.9 Å². The highest BCUT2D eigenvalue weighted by atomic mass is 35.5. The predicted octanol–water partition coefficient (Wildman–Crippen LogP) is 4.77. The lowest BCUT2D eigenvalue weighted by molar-refractivity contribution is -0.135. The highest BCUT2D eigenvalue weighted by molar-refractivity contribution is 7.89. The van der Waals surface area contributed by atoms with Crippen molar-refractivity contribution in [1.82, 2.24) is 9.21 Å². The van der Waals surface area contributed by atoms with Crippen LogP contribution in [0.1, 0.15) is 29.3 Å². The first-order valence-electron chi connectivity index (χ1n) is 11.8. The lowest BCUT2D eigenvalue weighted by atomic mass is 10.0. The van der Waals surface area contributed by atoms with Crippen molar-refractivity contribution in [2.75, 3.05) is 26.8 Å². The van der Waals surface area contributed by atoms with Crippen molar-refractivity contribution in [2.24, 2.45) is 0 Å². The minimum Gasteiger partial charge on any atom is -0.497 e. The van der Waals surface area contributed by atoms with Gasteiger partial charge in [-0.3, -0.25) is 4.79 Å². The number of nitrogens with zero attached hydrogens (tertiary/aromatic N) is 2. The van der Waals surface area contributed by atoms with Crippen LogP contribution in [0.4, 0.5) is 0 Å². The molecular weight excluding hydrogens is 520 g/mol. The van der Waals surface area contributed by atoms with Gasteiger partial charge in [-0.25, -0.2) is 8.42 Å². The molecule has 1 saturated carbocycles. The second-order valence-corrected chi connectivity index (χ2v) is 12.2. The quantitative estimate of drug-likeness (QED) is 0.386. The number of hydrogen-bond donors (Lipinski definition) is 0. The van der Waals surface area contributed by atoms with E-state index in [1.54, 1.807) is 41.5 Å². The molecule has 1 aromatic heterocycles. The van der Waals surface area contributed by atoms with Gasteiger partial charge in [0.05, 0.1) is 24.6 Å². The molecule has 2 heterocycles. The van der Waals surface area contributed by atoms with Crippen LogP contribution in [-0.2, 0) is 21.2 Å². The molecule has 7 nitrogen and oxygen atoms in total. The number of ether oxygens (including phenoxy) is 2. The lowest BCUT2D eigenvalue weighted by Gasteiger charge is -2.37. The zero-order valence-electron chi connectivity index (χ0n) is 19.8. The monoisotopic (exact) mass is 546 g/mol. The third kappa shape index (κ3) is 5.25. The third-order valence-corrected chi connectivity index (χ3v) is 9.69. The van der Waals surface area contributed by atoms with Gasteiger partial charge in [0.15, 0.2) is 0 Å². The SMILES string of the molecule is COc1cccc(OC[C@@H]2c3ccsc3CCN2C(=O)CN(C2CC2)S(=O)(=O)c2ccc(Cl)cc2)c1. The Morgan fingerprint density at radius 1 is 1.14 bits per heavy atom. The number of fused-ring (bicyclic) bond motifs is 1. The van der Waals surface area contributed by atoms with Gasteiger partial charge in [-0.15, -0.1) is 11.3 Å². The third-order valence-electron chi connectivity index (χ3n) is 6.53. The van der Waals surface area contributed by atoms with Crippen molar-refractivity contribution < 1.29 is 22.7 Å². The number of carbonyl (C=O) groups excluding carboxylic acids is 1. The molecule has 1 atom stereocenters. The van der Waals surface area contributed by atoms with Gasteiger partial charge in [0.1, 0.15) is 18.1 Å². The molecule has 1 fully saturated rings. The maximum Gasteiger partial charge on any atom is 0.243 e. The molecule has 0 radical (unpaired) electrons. The Kier molecular flexibility index (Phi) is 7.25. The maximum absolute atomic E-state index is 13.7. The summed E-state index contributed by atoms with van der Waals surface area (Å²) in [5.74, 6) is 1.11. The number of benzene rings is 2. The van der Waals surface area contributed by atoms with Crippen LogP contribution in [-0.4, -0.2) is 56.4 Å². The molecule has 0 unspecified atom stereocenters. The summed E-state index contributed by atoms with van der Waals surface area (Å²) in [6.45, 7) is 0.568. The molecule has 1 aliphatic carbocycles. The van der Waals surface area contributed by atoms with Crippen molar-refractivity contribution in [3.63, 3.8) is 0 Å². The number of methoxy groups -OCH3 is 1. The summed E-state index contributed by atoms with van der Waals surface area (Å²) < 4.78 is 39.6. The minimum absolute atomic E-state index is 0.142. The molecule has 1 amide bonds. The zero-order chi connectivity index (χ0) is 25.3. The van der Waals surface area contributed by atoms with E-state index in [0.29, 0.717) is 23.1 Å². The number of halogens is 1. The molecule has 0 bridgehead atoms. The van der Waals surface area contributed by atoms with Gasteiger partial charge >= 0.3 is 0 Å². The first-order chi connectivity index (χ1) is 17.4. The molecule has 190 valence electrons. The molecule has 3 aromatic rings. The Hall–Kier alpha value is -2.59. The second kappa shape index (κ2) is 10.4. The second-order valence-electron chi connectivity index (χ2n) is 8.88. The fourth-order valence-electron chi connectivity index (χ4n) is 4.48. The fraction of sp³-hybridized carbons (Fsp3) is 0.346. The zero-order valence-corrected chi connectivity index (χ0v) is 22.2. The fourth-order valence-corrected chi connectivity index (χ4v) is 7.17. The van der Waals surface area contributed by atoms with Gasteiger partial charge in [-0.2, -0.15) is 4.31 Å². The molecule has 2 aromatic carbocycles. The molecule has 5 rings (SSSR count). The molecule has 2 aliphatic rings. The summed E-state index contributed by atoms with van der Waals surface area (Å²) in [4.78, 5) is 16.8. The van der Waals surface area contributed by atoms with Crippen LogP contribution in [0.2, 0.25) is 5.02 Å². The molecule has 36 heavy (non-hydrogen) atoms. The Morgan fingerprint density at radius 2 is 1.89 bits per heavy atom. The summed E-state index contributed by atoms with van der Waals surface area (Å²) in [5.41, 5.74) is 1.06. The van der Waals surface area contributed by atoms with Crippen molar-refractivity contribution in [3.8, 4) is 11.5 Å². The van der Waals surface area contributed by atoms with E-state index in [1.165, 1.54) is 21.3 Å². The predicted molar refractivity (Wildman–Crippen MR) is 139 cm³/mol. The van der Waals surface area contributed by atoms with Crippen LogP contribution in [0.5, 0.6) is 11.5 Å². The summed E-state index contributed by atoms with van der Waals surface area (Å²) >= 11 is 7.63. The Balaban J connectivity index is 1.37. The number of sulfonamides is 1. The Bertz CT molecular complexity index is 1340. The topological polar surface area (TPSA) is 76.2 Å².